The molecule has 1 saturated heterocycles. The van der Waals surface area contributed by atoms with Crippen LogP contribution in [0.15, 0.2) is 28.1 Å². The van der Waals surface area contributed by atoms with Crippen molar-refractivity contribution in [2.24, 2.45) is 5.92 Å². The van der Waals surface area contributed by atoms with Gasteiger partial charge >= 0.3 is 0 Å². The maximum absolute atomic E-state index is 6.11. The lowest BCUT2D eigenvalue weighted by atomic mass is 10.0. The third kappa shape index (κ3) is 3.57. The van der Waals surface area contributed by atoms with Crippen molar-refractivity contribution in [2.45, 2.75) is 45.1 Å². The Labute approximate surface area is 146 Å². The third-order valence-electron chi connectivity index (χ3n) is 5.03. The Morgan fingerprint density at radius 2 is 2.33 bits per heavy atom. The van der Waals surface area contributed by atoms with Gasteiger partial charge in [-0.05, 0) is 31.9 Å². The normalized spacial score (nSPS) is 27.5. The number of hydrogen-bond donors (Lipinski definition) is 0. The molecule has 0 aromatic carbocycles. The van der Waals surface area contributed by atoms with Gasteiger partial charge in [-0.25, -0.2) is 4.98 Å². The van der Waals surface area contributed by atoms with Gasteiger partial charge in [0.25, 0.3) is 0 Å². The molecule has 4 rings (SSSR count). The molecule has 2 aromatic heterocycles. The van der Waals surface area contributed by atoms with Gasteiger partial charge in [0.2, 0.25) is 0 Å². The molecule has 0 N–H and O–H groups in total. The van der Waals surface area contributed by atoms with Gasteiger partial charge in [-0.15, -0.1) is 11.3 Å². The average molecular weight is 348 g/mol. The van der Waals surface area contributed by atoms with E-state index in [4.69, 9.17) is 13.9 Å². The number of rotatable bonds is 6. The predicted molar refractivity (Wildman–Crippen MR) is 91.9 cm³/mol. The van der Waals surface area contributed by atoms with Crippen LogP contribution in [0.25, 0.3) is 0 Å². The first-order valence-corrected chi connectivity index (χ1v) is 9.54. The van der Waals surface area contributed by atoms with Crippen LogP contribution < -0.4 is 0 Å². The zero-order valence-electron chi connectivity index (χ0n) is 14.0. The first kappa shape index (κ1) is 16.3. The Hall–Kier alpha value is -1.21. The van der Waals surface area contributed by atoms with E-state index in [0.29, 0.717) is 18.6 Å². The smallest absolute Gasteiger partial charge is 0.118 e. The third-order valence-corrected chi connectivity index (χ3v) is 5.78. The molecule has 2 aliphatic rings. The number of aromatic nitrogens is 1. The molecule has 1 saturated carbocycles. The number of nitrogens with zero attached hydrogens (tertiary/aromatic N) is 2. The zero-order chi connectivity index (χ0) is 16.4. The second-order valence-corrected chi connectivity index (χ2v) is 7.64. The molecule has 24 heavy (non-hydrogen) atoms. The van der Waals surface area contributed by atoms with Crippen LogP contribution in [0.3, 0.4) is 0 Å². The number of aryl methyl sites for hydroxylation is 1. The fourth-order valence-corrected chi connectivity index (χ4v) is 4.46. The SMILES string of the molecule is Cc1ccc(CN2CCO[C@@H]3[C@@H](COCc4nccs4)CC[C@@H]32)o1. The van der Waals surface area contributed by atoms with Crippen LogP contribution >= 0.6 is 11.3 Å². The Morgan fingerprint density at radius 1 is 1.38 bits per heavy atom. The molecule has 0 radical (unpaired) electrons. The molecule has 1 aliphatic carbocycles. The molecule has 3 atom stereocenters. The van der Waals surface area contributed by atoms with Crippen LogP contribution in [-0.2, 0) is 22.6 Å². The minimum absolute atomic E-state index is 0.283. The van der Waals surface area contributed by atoms with E-state index in [2.05, 4.69) is 16.0 Å². The molecule has 0 bridgehead atoms. The standard InChI is InChI=1S/C18H24N2O3S/c1-13-2-4-15(23-13)10-20-7-8-22-18-14(3-5-16(18)20)11-21-12-17-19-6-9-24-17/h2,4,6,9,14,16,18H,3,5,7-8,10-12H2,1H3/t14-,16+,18-/m1/s1. The van der Waals surface area contributed by atoms with Crippen LogP contribution in [0, 0.1) is 12.8 Å². The Bertz CT molecular complexity index is 642. The summed E-state index contributed by atoms with van der Waals surface area (Å²) in [5.74, 6) is 2.52. The molecule has 6 heteroatoms. The Balaban J connectivity index is 1.32. The van der Waals surface area contributed by atoms with E-state index < -0.39 is 0 Å². The monoisotopic (exact) mass is 348 g/mol. The molecule has 0 spiro atoms. The van der Waals surface area contributed by atoms with E-state index in [9.17, 15) is 0 Å². The van der Waals surface area contributed by atoms with Crippen LogP contribution in [0.2, 0.25) is 0 Å². The van der Waals surface area contributed by atoms with Crippen LogP contribution in [-0.4, -0.2) is 41.8 Å². The molecule has 2 fully saturated rings. The molecule has 1 aliphatic heterocycles. The summed E-state index contributed by atoms with van der Waals surface area (Å²) in [4.78, 5) is 6.79. The highest BCUT2D eigenvalue weighted by atomic mass is 32.1. The summed E-state index contributed by atoms with van der Waals surface area (Å²) in [5.41, 5.74) is 0. The van der Waals surface area contributed by atoms with Crippen molar-refractivity contribution in [3.05, 3.63) is 40.2 Å². The van der Waals surface area contributed by atoms with Crippen molar-refractivity contribution in [1.29, 1.82) is 0 Å². The minimum Gasteiger partial charge on any atom is -0.465 e. The highest BCUT2D eigenvalue weighted by Gasteiger charge is 2.42. The van der Waals surface area contributed by atoms with E-state index in [1.54, 1.807) is 11.3 Å². The van der Waals surface area contributed by atoms with Gasteiger partial charge in [-0.3, -0.25) is 4.90 Å². The second-order valence-electron chi connectivity index (χ2n) is 6.66. The lowest BCUT2D eigenvalue weighted by Crippen LogP contribution is -2.50. The van der Waals surface area contributed by atoms with E-state index in [0.717, 1.165) is 42.8 Å². The average Bonchev–Trinajstić information content (AvgIpc) is 3.30. The number of furan rings is 1. The molecule has 3 heterocycles. The van der Waals surface area contributed by atoms with Gasteiger partial charge in [0.1, 0.15) is 16.5 Å². The molecule has 0 amide bonds. The molecule has 0 unspecified atom stereocenters. The summed E-state index contributed by atoms with van der Waals surface area (Å²) < 4.78 is 17.8. The number of thiazole rings is 1. The number of morpholine rings is 1. The summed E-state index contributed by atoms with van der Waals surface area (Å²) in [6.07, 6.45) is 4.45. The summed E-state index contributed by atoms with van der Waals surface area (Å²) in [6.45, 7) is 6.02. The first-order chi connectivity index (χ1) is 11.8. The van der Waals surface area contributed by atoms with Crippen molar-refractivity contribution in [1.82, 2.24) is 9.88 Å². The van der Waals surface area contributed by atoms with Crippen molar-refractivity contribution in [2.75, 3.05) is 19.8 Å². The van der Waals surface area contributed by atoms with E-state index in [1.807, 2.05) is 24.6 Å². The van der Waals surface area contributed by atoms with Crippen LogP contribution in [0.5, 0.6) is 0 Å². The van der Waals surface area contributed by atoms with Gasteiger partial charge in [0, 0.05) is 30.1 Å². The number of fused-ring (bicyclic) bond motifs is 1. The Morgan fingerprint density at radius 3 is 3.12 bits per heavy atom. The molecule has 5 nitrogen and oxygen atoms in total. The highest BCUT2D eigenvalue weighted by Crippen LogP contribution is 2.35. The zero-order valence-corrected chi connectivity index (χ0v) is 14.8. The fraction of sp³-hybridized carbons (Fsp3) is 0.611. The summed E-state index contributed by atoms with van der Waals surface area (Å²) >= 11 is 1.65. The van der Waals surface area contributed by atoms with E-state index >= 15 is 0 Å². The van der Waals surface area contributed by atoms with Crippen molar-refractivity contribution in [3.63, 3.8) is 0 Å². The number of hydrogen-bond acceptors (Lipinski definition) is 6. The minimum atomic E-state index is 0.283. The second kappa shape index (κ2) is 7.35. The molecule has 130 valence electrons. The topological polar surface area (TPSA) is 47.7 Å². The van der Waals surface area contributed by atoms with Gasteiger partial charge in [-0.2, -0.15) is 0 Å². The maximum atomic E-state index is 6.11. The van der Waals surface area contributed by atoms with Gasteiger partial charge < -0.3 is 13.9 Å². The van der Waals surface area contributed by atoms with Crippen molar-refractivity contribution < 1.29 is 13.9 Å². The van der Waals surface area contributed by atoms with Crippen LogP contribution in [0.1, 0.15) is 29.4 Å². The maximum Gasteiger partial charge on any atom is 0.118 e. The molecule has 2 aromatic rings. The lowest BCUT2D eigenvalue weighted by Gasteiger charge is -2.38. The molecular formula is C18H24N2O3S. The largest absolute Gasteiger partial charge is 0.465 e. The Kier molecular flexibility index (Phi) is 4.98. The van der Waals surface area contributed by atoms with Crippen molar-refractivity contribution >= 4 is 11.3 Å². The predicted octanol–water partition coefficient (Wildman–Crippen LogP) is 3.24. The van der Waals surface area contributed by atoms with Gasteiger partial charge in [-0.1, -0.05) is 0 Å². The lowest BCUT2D eigenvalue weighted by molar-refractivity contribution is -0.0904. The van der Waals surface area contributed by atoms with Crippen LogP contribution in [0.4, 0.5) is 0 Å². The van der Waals surface area contributed by atoms with Crippen molar-refractivity contribution in [3.8, 4) is 0 Å². The summed E-state index contributed by atoms with van der Waals surface area (Å²) in [5, 5.41) is 3.03. The fourth-order valence-electron chi connectivity index (χ4n) is 3.90. The highest BCUT2D eigenvalue weighted by molar-refractivity contribution is 7.09. The first-order valence-electron chi connectivity index (χ1n) is 8.66. The van der Waals surface area contributed by atoms with Gasteiger partial charge in [0.15, 0.2) is 0 Å². The van der Waals surface area contributed by atoms with E-state index in [1.165, 1.54) is 12.8 Å². The van der Waals surface area contributed by atoms with Gasteiger partial charge in [0.05, 0.1) is 32.5 Å². The quantitative estimate of drug-likeness (QED) is 0.802. The van der Waals surface area contributed by atoms with E-state index in [-0.39, 0.29) is 6.10 Å². The molecular weight excluding hydrogens is 324 g/mol. The summed E-state index contributed by atoms with van der Waals surface area (Å²) in [6, 6.07) is 4.61. The summed E-state index contributed by atoms with van der Waals surface area (Å²) in [7, 11) is 0. The number of ether oxygens (including phenoxy) is 2.